The molecule has 184 valence electrons. The van der Waals surface area contributed by atoms with E-state index in [1.54, 1.807) is 26.0 Å². The lowest BCUT2D eigenvalue weighted by Crippen LogP contribution is -2.59. The highest BCUT2D eigenvalue weighted by Gasteiger charge is 2.32. The summed E-state index contributed by atoms with van der Waals surface area (Å²) < 4.78 is 0. The Hall–Kier alpha value is -2.83. The van der Waals surface area contributed by atoms with Crippen LogP contribution in [0.25, 0.3) is 0 Å². The van der Waals surface area contributed by atoms with Crippen LogP contribution in [0.3, 0.4) is 0 Å². The quantitative estimate of drug-likeness (QED) is 0.169. The first-order chi connectivity index (χ1) is 15.4. The van der Waals surface area contributed by atoms with Gasteiger partial charge in [-0.05, 0) is 30.5 Å². The summed E-state index contributed by atoms with van der Waals surface area (Å²) in [7, 11) is 0. The van der Waals surface area contributed by atoms with Gasteiger partial charge >= 0.3 is 5.97 Å². The molecule has 8 N–H and O–H groups in total. The Morgan fingerprint density at radius 2 is 1.48 bits per heavy atom. The van der Waals surface area contributed by atoms with Crippen LogP contribution in [-0.2, 0) is 25.6 Å². The zero-order chi connectivity index (χ0) is 25.3. The Morgan fingerprint density at radius 3 is 1.94 bits per heavy atom. The molecule has 0 aliphatic carbocycles. The van der Waals surface area contributed by atoms with Crippen molar-refractivity contribution >= 4 is 36.3 Å². The molecule has 0 saturated heterocycles. The van der Waals surface area contributed by atoms with Gasteiger partial charge in [-0.15, -0.1) is 0 Å². The number of thiol groups is 1. The number of amides is 3. The number of nitrogens with two attached hydrogens (primary N) is 1. The van der Waals surface area contributed by atoms with E-state index < -0.39 is 54.0 Å². The van der Waals surface area contributed by atoms with Gasteiger partial charge < -0.3 is 37.0 Å². The highest BCUT2D eigenvalue weighted by Crippen LogP contribution is 2.12. The Labute approximate surface area is 197 Å². The second-order valence-corrected chi connectivity index (χ2v) is 8.38. The van der Waals surface area contributed by atoms with Crippen molar-refractivity contribution in [2.45, 2.75) is 57.5 Å². The van der Waals surface area contributed by atoms with Crippen LogP contribution < -0.4 is 21.7 Å². The van der Waals surface area contributed by atoms with Gasteiger partial charge in [0.2, 0.25) is 17.7 Å². The highest BCUT2D eigenvalue weighted by atomic mass is 32.1. The molecule has 11 nitrogen and oxygen atoms in total. The molecule has 0 aliphatic rings. The van der Waals surface area contributed by atoms with Gasteiger partial charge in [-0.25, -0.2) is 4.79 Å². The summed E-state index contributed by atoms with van der Waals surface area (Å²) in [6, 6.07) is 1.10. The van der Waals surface area contributed by atoms with E-state index in [0.717, 1.165) is 0 Å². The first-order valence-electron chi connectivity index (χ1n) is 10.3. The van der Waals surface area contributed by atoms with Crippen LogP contribution in [0.5, 0.6) is 5.75 Å². The van der Waals surface area contributed by atoms with E-state index in [1.165, 1.54) is 19.1 Å². The first kappa shape index (κ1) is 28.2. The molecule has 1 aromatic rings. The molecule has 1 rings (SSSR count). The lowest BCUT2D eigenvalue weighted by Gasteiger charge is -2.27. The van der Waals surface area contributed by atoms with Crippen molar-refractivity contribution in [1.29, 1.82) is 0 Å². The number of aliphatic hydroxyl groups excluding tert-OH is 1. The number of aliphatic hydroxyl groups is 1. The van der Waals surface area contributed by atoms with E-state index >= 15 is 0 Å². The molecule has 33 heavy (non-hydrogen) atoms. The van der Waals surface area contributed by atoms with Crippen LogP contribution in [-0.4, -0.2) is 75.0 Å². The third-order valence-electron chi connectivity index (χ3n) is 4.84. The van der Waals surface area contributed by atoms with Crippen LogP contribution in [0, 0.1) is 5.92 Å². The molecule has 0 spiro atoms. The fourth-order valence-corrected chi connectivity index (χ4v) is 3.03. The number of carboxylic acid groups (broad SMARTS) is 1. The maximum atomic E-state index is 13.0. The van der Waals surface area contributed by atoms with E-state index in [1.807, 2.05) is 0 Å². The monoisotopic (exact) mass is 484 g/mol. The molecule has 0 bridgehead atoms. The standard InChI is InChI=1S/C21H32N4O7S/c1-10(2)16(24-18(28)14(22)9-33)20(30)23-15(8-12-4-6-13(27)7-5-12)19(29)25-17(11(3)26)21(31)32/h4-7,10-11,14-17,26-27,33H,8-9,22H2,1-3H3,(H,23,30)(H,24,28)(H,25,29)(H,31,32). The van der Waals surface area contributed by atoms with Crippen molar-refractivity contribution in [3.8, 4) is 5.75 Å². The van der Waals surface area contributed by atoms with Crippen molar-refractivity contribution in [2.75, 3.05) is 5.75 Å². The van der Waals surface area contributed by atoms with Gasteiger partial charge in [0.25, 0.3) is 0 Å². The Morgan fingerprint density at radius 1 is 0.939 bits per heavy atom. The summed E-state index contributed by atoms with van der Waals surface area (Å²) >= 11 is 3.97. The Kier molecular flexibility index (Phi) is 11.1. The third-order valence-corrected chi connectivity index (χ3v) is 5.23. The second-order valence-electron chi connectivity index (χ2n) is 8.02. The van der Waals surface area contributed by atoms with Gasteiger partial charge in [-0.2, -0.15) is 12.6 Å². The number of rotatable bonds is 12. The second kappa shape index (κ2) is 13.0. The average molecular weight is 485 g/mol. The van der Waals surface area contributed by atoms with E-state index in [4.69, 9.17) is 5.73 Å². The number of phenolic OH excluding ortho intramolecular Hbond substituents is 1. The van der Waals surface area contributed by atoms with Crippen molar-refractivity contribution in [3.63, 3.8) is 0 Å². The number of carbonyl (C=O) groups is 4. The molecule has 0 saturated carbocycles. The summed E-state index contributed by atoms with van der Waals surface area (Å²) in [5.74, 6) is -3.83. The Bertz CT molecular complexity index is 832. The molecule has 0 heterocycles. The number of hydrogen-bond donors (Lipinski definition) is 8. The zero-order valence-electron chi connectivity index (χ0n) is 18.7. The normalized spacial score (nSPS) is 15.6. The summed E-state index contributed by atoms with van der Waals surface area (Å²) in [6.07, 6.45) is -1.43. The molecule has 5 unspecified atom stereocenters. The van der Waals surface area contributed by atoms with Gasteiger partial charge in [0, 0.05) is 12.2 Å². The lowest BCUT2D eigenvalue weighted by atomic mass is 10.00. The van der Waals surface area contributed by atoms with Crippen LogP contribution >= 0.6 is 12.6 Å². The first-order valence-corrected chi connectivity index (χ1v) is 11.0. The van der Waals surface area contributed by atoms with Crippen molar-refractivity contribution in [1.82, 2.24) is 16.0 Å². The SMILES string of the molecule is CC(C)C(NC(=O)C(N)CS)C(=O)NC(Cc1ccc(O)cc1)C(=O)NC(C(=O)O)C(C)O. The fourth-order valence-electron chi connectivity index (χ4n) is 2.86. The highest BCUT2D eigenvalue weighted by molar-refractivity contribution is 7.80. The summed E-state index contributed by atoms with van der Waals surface area (Å²) in [5, 5.41) is 35.7. The van der Waals surface area contributed by atoms with Crippen LogP contribution in [0.4, 0.5) is 0 Å². The minimum Gasteiger partial charge on any atom is -0.508 e. The number of aromatic hydroxyl groups is 1. The van der Waals surface area contributed by atoms with Gasteiger partial charge in [-0.3, -0.25) is 14.4 Å². The maximum absolute atomic E-state index is 13.0. The molecule has 0 radical (unpaired) electrons. The number of carbonyl (C=O) groups excluding carboxylic acids is 3. The minimum absolute atomic E-state index is 0.00643. The molecule has 0 aliphatic heterocycles. The molecule has 3 amide bonds. The number of carboxylic acids is 1. The number of nitrogens with one attached hydrogen (secondary N) is 3. The van der Waals surface area contributed by atoms with Crippen LogP contribution in [0.15, 0.2) is 24.3 Å². The zero-order valence-corrected chi connectivity index (χ0v) is 19.6. The largest absolute Gasteiger partial charge is 0.508 e. The smallest absolute Gasteiger partial charge is 0.328 e. The Balaban J connectivity index is 3.13. The topological polar surface area (TPSA) is 191 Å². The van der Waals surface area contributed by atoms with Crippen molar-refractivity contribution < 1.29 is 34.5 Å². The summed E-state index contributed by atoms with van der Waals surface area (Å²) in [4.78, 5) is 49.4. The molecule has 12 heteroatoms. The van der Waals surface area contributed by atoms with E-state index in [9.17, 15) is 34.5 Å². The van der Waals surface area contributed by atoms with Crippen molar-refractivity contribution in [2.24, 2.45) is 11.7 Å². The maximum Gasteiger partial charge on any atom is 0.328 e. The van der Waals surface area contributed by atoms with Crippen LogP contribution in [0.1, 0.15) is 26.3 Å². The summed E-state index contributed by atoms with van der Waals surface area (Å²) in [6.45, 7) is 4.60. The molecule has 5 atom stereocenters. The fraction of sp³-hybridized carbons (Fsp3) is 0.524. The van der Waals surface area contributed by atoms with Crippen LogP contribution in [0.2, 0.25) is 0 Å². The van der Waals surface area contributed by atoms with Gasteiger partial charge in [0.15, 0.2) is 6.04 Å². The summed E-state index contributed by atoms with van der Waals surface area (Å²) in [5.41, 5.74) is 6.23. The lowest BCUT2D eigenvalue weighted by molar-refractivity contribution is -0.145. The predicted octanol–water partition coefficient (Wildman–Crippen LogP) is -1.23. The number of hydrogen-bond acceptors (Lipinski definition) is 8. The minimum atomic E-state index is -1.59. The molecule has 1 aromatic carbocycles. The molecule has 0 aromatic heterocycles. The average Bonchev–Trinajstić information content (AvgIpc) is 2.74. The van der Waals surface area contributed by atoms with Gasteiger partial charge in [0.1, 0.15) is 17.8 Å². The number of phenols is 1. The predicted molar refractivity (Wildman–Crippen MR) is 124 cm³/mol. The third kappa shape index (κ3) is 8.91. The van der Waals surface area contributed by atoms with E-state index in [-0.39, 0.29) is 23.8 Å². The van der Waals surface area contributed by atoms with Crippen molar-refractivity contribution in [3.05, 3.63) is 29.8 Å². The number of benzene rings is 1. The molecular formula is C21H32N4O7S. The molecular weight excluding hydrogens is 452 g/mol. The molecule has 0 fully saturated rings. The van der Waals surface area contributed by atoms with E-state index in [2.05, 4.69) is 28.6 Å². The van der Waals surface area contributed by atoms with Gasteiger partial charge in [0.05, 0.1) is 12.1 Å². The van der Waals surface area contributed by atoms with Gasteiger partial charge in [-0.1, -0.05) is 26.0 Å². The van der Waals surface area contributed by atoms with E-state index in [0.29, 0.717) is 5.56 Å². The number of aliphatic carboxylic acids is 1.